The van der Waals surface area contributed by atoms with Gasteiger partial charge in [0.15, 0.2) is 0 Å². The van der Waals surface area contributed by atoms with Crippen molar-refractivity contribution in [1.29, 1.82) is 0 Å². The lowest BCUT2D eigenvalue weighted by Gasteiger charge is -2.15. The van der Waals surface area contributed by atoms with Gasteiger partial charge in [0.1, 0.15) is 17.3 Å². The lowest BCUT2D eigenvalue weighted by atomic mass is 10.2. The van der Waals surface area contributed by atoms with E-state index in [0.29, 0.717) is 28.8 Å². The molecule has 8 heteroatoms. The molecule has 0 aliphatic rings. The highest BCUT2D eigenvalue weighted by Crippen LogP contribution is 2.20. The molecule has 1 unspecified atom stereocenters. The van der Waals surface area contributed by atoms with Crippen LogP contribution in [0.1, 0.15) is 29.9 Å². The molecular formula is C24H25N5O3. The van der Waals surface area contributed by atoms with Gasteiger partial charge >= 0.3 is 0 Å². The van der Waals surface area contributed by atoms with Crippen LogP contribution in [0, 0.1) is 13.8 Å². The van der Waals surface area contributed by atoms with Crippen molar-refractivity contribution >= 4 is 16.8 Å². The van der Waals surface area contributed by atoms with Crippen molar-refractivity contribution in [2.45, 2.75) is 33.4 Å². The Morgan fingerprint density at radius 2 is 1.75 bits per heavy atom. The number of rotatable bonds is 6. The molecule has 0 aliphatic heterocycles. The molecule has 4 rings (SSSR count). The van der Waals surface area contributed by atoms with Gasteiger partial charge in [-0.1, -0.05) is 30.3 Å². The molecule has 1 amide bonds. The Labute approximate surface area is 185 Å². The third kappa shape index (κ3) is 3.87. The second kappa shape index (κ2) is 8.66. The van der Waals surface area contributed by atoms with Gasteiger partial charge in [-0.2, -0.15) is 10.2 Å². The van der Waals surface area contributed by atoms with Crippen molar-refractivity contribution in [2.24, 2.45) is 0 Å². The number of nitrogens with zero attached hydrogens (tertiary/aromatic N) is 4. The summed E-state index contributed by atoms with van der Waals surface area (Å²) in [5.74, 6) is 0.460. The number of aryl methyl sites for hydroxylation is 2. The fourth-order valence-electron chi connectivity index (χ4n) is 3.65. The average molecular weight is 431 g/mol. The highest BCUT2D eigenvalue weighted by Gasteiger charge is 2.23. The maximum absolute atomic E-state index is 13.3. The van der Waals surface area contributed by atoms with Gasteiger partial charge < -0.3 is 10.1 Å². The molecule has 0 aliphatic carbocycles. The maximum atomic E-state index is 13.3. The standard InChI is InChI=1S/C24H25N5O3/c1-15-22-21(16(2)28(27-22)19-8-6-5-7-9-19)24(31)29(26-15)17(3)23(30)25-14-18-10-12-20(32-4)13-11-18/h5-13,17H,14H2,1-4H3,(H,25,30). The Morgan fingerprint density at radius 1 is 1.06 bits per heavy atom. The van der Waals surface area contributed by atoms with Gasteiger partial charge in [-0.05, 0) is 50.6 Å². The molecule has 4 aromatic rings. The van der Waals surface area contributed by atoms with Crippen LogP contribution >= 0.6 is 0 Å². The zero-order chi connectivity index (χ0) is 22.8. The molecule has 0 saturated heterocycles. The molecule has 0 saturated carbocycles. The zero-order valence-corrected chi connectivity index (χ0v) is 18.5. The first-order valence-electron chi connectivity index (χ1n) is 10.4. The van der Waals surface area contributed by atoms with E-state index in [-0.39, 0.29) is 11.5 Å². The van der Waals surface area contributed by atoms with Gasteiger partial charge in [-0.25, -0.2) is 9.36 Å². The molecule has 8 nitrogen and oxygen atoms in total. The summed E-state index contributed by atoms with van der Waals surface area (Å²) < 4.78 is 8.13. The first-order chi connectivity index (χ1) is 15.4. The van der Waals surface area contributed by atoms with Crippen LogP contribution in [0.2, 0.25) is 0 Å². The monoisotopic (exact) mass is 431 g/mol. The molecule has 2 aromatic carbocycles. The van der Waals surface area contributed by atoms with Crippen LogP contribution < -0.4 is 15.6 Å². The average Bonchev–Trinajstić information content (AvgIpc) is 3.18. The molecule has 1 N–H and O–H groups in total. The maximum Gasteiger partial charge on any atom is 0.278 e. The van der Waals surface area contributed by atoms with Gasteiger partial charge in [0.05, 0.1) is 29.6 Å². The van der Waals surface area contributed by atoms with Crippen LogP contribution in [0.5, 0.6) is 5.75 Å². The molecule has 2 aromatic heterocycles. The quantitative estimate of drug-likeness (QED) is 0.507. The fourth-order valence-corrected chi connectivity index (χ4v) is 3.65. The fraction of sp³-hybridized carbons (Fsp3) is 0.250. The van der Waals surface area contributed by atoms with Crippen LogP contribution in [0.4, 0.5) is 0 Å². The number of hydrogen-bond acceptors (Lipinski definition) is 5. The summed E-state index contributed by atoms with van der Waals surface area (Å²) in [5, 5.41) is 12.4. The lowest BCUT2D eigenvalue weighted by Crippen LogP contribution is -2.37. The van der Waals surface area contributed by atoms with E-state index in [1.54, 1.807) is 25.6 Å². The highest BCUT2D eigenvalue weighted by atomic mass is 16.5. The minimum atomic E-state index is -0.775. The number of amides is 1. The Morgan fingerprint density at radius 3 is 2.41 bits per heavy atom. The summed E-state index contributed by atoms with van der Waals surface area (Å²) in [7, 11) is 1.60. The van der Waals surface area contributed by atoms with E-state index in [1.807, 2.05) is 61.5 Å². The summed E-state index contributed by atoms with van der Waals surface area (Å²) in [4.78, 5) is 26.1. The number of benzene rings is 2. The summed E-state index contributed by atoms with van der Waals surface area (Å²) in [5.41, 5.74) is 3.29. The normalized spacial score (nSPS) is 12.0. The number of ether oxygens (including phenoxy) is 1. The van der Waals surface area contributed by atoms with Crippen molar-refractivity contribution in [3.05, 3.63) is 81.9 Å². The SMILES string of the molecule is COc1ccc(CNC(=O)C(C)n2nc(C)c3nn(-c4ccccc4)c(C)c3c2=O)cc1. The van der Waals surface area contributed by atoms with Gasteiger partial charge in [0.2, 0.25) is 5.91 Å². The third-order valence-corrected chi connectivity index (χ3v) is 5.51. The minimum absolute atomic E-state index is 0.290. The van der Waals surface area contributed by atoms with Crippen molar-refractivity contribution in [2.75, 3.05) is 7.11 Å². The van der Waals surface area contributed by atoms with E-state index in [2.05, 4.69) is 15.5 Å². The lowest BCUT2D eigenvalue weighted by molar-refractivity contribution is -0.124. The third-order valence-electron chi connectivity index (χ3n) is 5.51. The van der Waals surface area contributed by atoms with Crippen LogP contribution in [0.25, 0.3) is 16.6 Å². The second-order valence-electron chi connectivity index (χ2n) is 7.63. The predicted octanol–water partition coefficient (Wildman–Crippen LogP) is 3.09. The van der Waals surface area contributed by atoms with Gasteiger partial charge in [-0.3, -0.25) is 9.59 Å². The van der Waals surface area contributed by atoms with Crippen LogP contribution in [-0.2, 0) is 11.3 Å². The first kappa shape index (κ1) is 21.3. The largest absolute Gasteiger partial charge is 0.497 e. The van der Waals surface area contributed by atoms with E-state index < -0.39 is 6.04 Å². The molecule has 2 heterocycles. The molecule has 0 radical (unpaired) electrons. The van der Waals surface area contributed by atoms with Crippen molar-refractivity contribution in [3.8, 4) is 11.4 Å². The van der Waals surface area contributed by atoms with Gasteiger partial charge in [-0.15, -0.1) is 0 Å². The number of carbonyl (C=O) groups is 1. The minimum Gasteiger partial charge on any atom is -0.497 e. The van der Waals surface area contributed by atoms with E-state index in [4.69, 9.17) is 4.74 Å². The number of carbonyl (C=O) groups excluding carboxylic acids is 1. The Kier molecular flexibility index (Phi) is 5.77. The van der Waals surface area contributed by atoms with Crippen molar-refractivity contribution in [1.82, 2.24) is 24.9 Å². The number of hydrogen-bond donors (Lipinski definition) is 1. The van der Waals surface area contributed by atoms with Crippen molar-refractivity contribution < 1.29 is 9.53 Å². The van der Waals surface area contributed by atoms with Crippen LogP contribution in [-0.4, -0.2) is 32.6 Å². The van der Waals surface area contributed by atoms with Crippen molar-refractivity contribution in [3.63, 3.8) is 0 Å². The molecule has 0 fully saturated rings. The first-order valence-corrected chi connectivity index (χ1v) is 10.4. The molecule has 32 heavy (non-hydrogen) atoms. The van der Waals surface area contributed by atoms with Gasteiger partial charge in [0.25, 0.3) is 5.56 Å². The predicted molar refractivity (Wildman–Crippen MR) is 122 cm³/mol. The van der Waals surface area contributed by atoms with Crippen LogP contribution in [0.15, 0.2) is 59.4 Å². The summed E-state index contributed by atoms with van der Waals surface area (Å²) in [6, 6.07) is 16.3. The molecular weight excluding hydrogens is 406 g/mol. The number of aromatic nitrogens is 4. The molecule has 0 bridgehead atoms. The number of nitrogens with one attached hydrogen (secondary N) is 1. The number of methoxy groups -OCH3 is 1. The number of fused-ring (bicyclic) bond motifs is 1. The molecule has 1 atom stereocenters. The summed E-state index contributed by atoms with van der Waals surface area (Å²) >= 11 is 0. The zero-order valence-electron chi connectivity index (χ0n) is 18.5. The Balaban J connectivity index is 1.63. The molecule has 164 valence electrons. The van der Waals surface area contributed by atoms with Crippen LogP contribution in [0.3, 0.4) is 0 Å². The number of para-hydroxylation sites is 1. The Hall–Kier alpha value is -3.94. The van der Waals surface area contributed by atoms with Gasteiger partial charge in [0, 0.05) is 6.54 Å². The molecule has 0 spiro atoms. The summed E-state index contributed by atoms with van der Waals surface area (Å²) in [6.07, 6.45) is 0. The van der Waals surface area contributed by atoms with E-state index in [1.165, 1.54) is 4.68 Å². The van der Waals surface area contributed by atoms with E-state index in [0.717, 1.165) is 17.0 Å². The smallest absolute Gasteiger partial charge is 0.278 e. The second-order valence-corrected chi connectivity index (χ2v) is 7.63. The van der Waals surface area contributed by atoms with E-state index >= 15 is 0 Å². The summed E-state index contributed by atoms with van der Waals surface area (Å²) in [6.45, 7) is 5.65. The Bertz CT molecular complexity index is 1320. The van der Waals surface area contributed by atoms with E-state index in [9.17, 15) is 9.59 Å². The highest BCUT2D eigenvalue weighted by molar-refractivity contribution is 5.84. The topological polar surface area (TPSA) is 91.0 Å².